The summed E-state index contributed by atoms with van der Waals surface area (Å²) in [6.07, 6.45) is 0. The topological polar surface area (TPSA) is 54.9 Å². The van der Waals surface area contributed by atoms with E-state index in [4.69, 9.17) is 14.5 Å². The number of aliphatic imine (C=N–C) groups is 1. The molecule has 1 aromatic rings. The molecule has 0 amide bonds. The Hall–Kier alpha value is -1.02. The van der Waals surface area contributed by atoms with Crippen molar-refractivity contribution in [2.24, 2.45) is 4.99 Å². The van der Waals surface area contributed by atoms with Gasteiger partial charge in [-0.05, 0) is 31.5 Å². The summed E-state index contributed by atoms with van der Waals surface area (Å²) in [6.45, 7) is 10.7. The maximum Gasteiger partial charge on any atom is 0.191 e. The highest BCUT2D eigenvalue weighted by Gasteiger charge is 2.21. The van der Waals surface area contributed by atoms with Gasteiger partial charge in [-0.1, -0.05) is 26.0 Å². The zero-order valence-corrected chi connectivity index (χ0v) is 18.0. The highest BCUT2D eigenvalue weighted by atomic mass is 127. The fraction of sp³-hybridized carbons (Fsp3) is 0.611. The van der Waals surface area contributed by atoms with Crippen LogP contribution in [0.25, 0.3) is 0 Å². The number of ether oxygens (including phenoxy) is 2. The molecule has 0 aliphatic rings. The van der Waals surface area contributed by atoms with Gasteiger partial charge in [0.15, 0.2) is 5.96 Å². The first-order valence-electron chi connectivity index (χ1n) is 8.11. The Balaban J connectivity index is 0.00000529. The van der Waals surface area contributed by atoms with Crippen LogP contribution in [0.15, 0.2) is 29.3 Å². The van der Waals surface area contributed by atoms with Gasteiger partial charge in [-0.25, -0.2) is 0 Å². The van der Waals surface area contributed by atoms with Gasteiger partial charge in [-0.3, -0.25) is 4.99 Å². The molecule has 1 rings (SSSR count). The van der Waals surface area contributed by atoms with E-state index in [0.29, 0.717) is 13.2 Å². The molecule has 0 aromatic heterocycles. The number of methoxy groups -OCH3 is 2. The van der Waals surface area contributed by atoms with Crippen molar-refractivity contribution in [1.82, 2.24) is 10.6 Å². The lowest BCUT2D eigenvalue weighted by Crippen LogP contribution is -2.44. The predicted octanol–water partition coefficient (Wildman–Crippen LogP) is 3.18. The number of guanidine groups is 1. The minimum Gasteiger partial charge on any atom is -0.497 e. The van der Waals surface area contributed by atoms with Gasteiger partial charge >= 0.3 is 0 Å². The van der Waals surface area contributed by atoms with Gasteiger partial charge < -0.3 is 20.1 Å². The fourth-order valence-electron chi connectivity index (χ4n) is 2.26. The molecule has 0 spiro atoms. The zero-order valence-electron chi connectivity index (χ0n) is 15.7. The highest BCUT2D eigenvalue weighted by molar-refractivity contribution is 14.0. The van der Waals surface area contributed by atoms with Crippen LogP contribution < -0.4 is 15.4 Å². The van der Waals surface area contributed by atoms with Crippen LogP contribution in [0.2, 0.25) is 0 Å². The molecule has 2 N–H and O–H groups in total. The van der Waals surface area contributed by atoms with Crippen LogP contribution >= 0.6 is 24.0 Å². The molecular weight excluding hydrogens is 417 g/mol. The quantitative estimate of drug-likeness (QED) is 0.364. The second kappa shape index (κ2) is 11.5. The maximum absolute atomic E-state index is 5.32. The minimum absolute atomic E-state index is 0. The molecule has 6 heteroatoms. The summed E-state index contributed by atoms with van der Waals surface area (Å²) < 4.78 is 10.5. The third-order valence-corrected chi connectivity index (χ3v) is 3.63. The number of halogens is 1. The van der Waals surface area contributed by atoms with Crippen molar-refractivity contribution in [3.8, 4) is 5.75 Å². The average molecular weight is 449 g/mol. The van der Waals surface area contributed by atoms with E-state index in [1.807, 2.05) is 12.1 Å². The molecule has 1 aromatic carbocycles. The Kier molecular flexibility index (Phi) is 11.0. The van der Waals surface area contributed by atoms with Crippen molar-refractivity contribution in [2.75, 3.05) is 33.9 Å². The van der Waals surface area contributed by atoms with Crippen molar-refractivity contribution in [1.29, 1.82) is 0 Å². The number of hydrogen-bond donors (Lipinski definition) is 2. The van der Waals surface area contributed by atoms with E-state index < -0.39 is 0 Å². The summed E-state index contributed by atoms with van der Waals surface area (Å²) in [5.74, 6) is 1.69. The molecular formula is C18H32IN3O2. The van der Waals surface area contributed by atoms with Gasteiger partial charge in [-0.2, -0.15) is 0 Å². The average Bonchev–Trinajstić information content (AvgIpc) is 2.53. The predicted molar refractivity (Wildman–Crippen MR) is 112 cm³/mol. The Morgan fingerprint density at radius 2 is 2.00 bits per heavy atom. The monoisotopic (exact) mass is 449 g/mol. The molecule has 1 unspecified atom stereocenters. The maximum atomic E-state index is 5.32. The Morgan fingerprint density at radius 1 is 1.29 bits per heavy atom. The molecule has 24 heavy (non-hydrogen) atoms. The largest absolute Gasteiger partial charge is 0.497 e. The number of nitrogens with one attached hydrogen (secondary N) is 2. The molecule has 138 valence electrons. The van der Waals surface area contributed by atoms with E-state index >= 15 is 0 Å². The SMILES string of the molecule is CCNC(=NCC(C)(C)c1cccc(OC)c1)NC(C)COC.I. The van der Waals surface area contributed by atoms with E-state index in [9.17, 15) is 0 Å². The van der Waals surface area contributed by atoms with Crippen LogP contribution in [0.3, 0.4) is 0 Å². The smallest absolute Gasteiger partial charge is 0.191 e. The van der Waals surface area contributed by atoms with Gasteiger partial charge in [0.25, 0.3) is 0 Å². The van der Waals surface area contributed by atoms with Crippen molar-refractivity contribution >= 4 is 29.9 Å². The first kappa shape index (κ1) is 23.0. The van der Waals surface area contributed by atoms with Gasteiger partial charge in [0.05, 0.1) is 20.3 Å². The van der Waals surface area contributed by atoms with Crippen molar-refractivity contribution < 1.29 is 9.47 Å². The van der Waals surface area contributed by atoms with Gasteiger partial charge in [0.2, 0.25) is 0 Å². The van der Waals surface area contributed by atoms with Crippen LogP contribution in [0, 0.1) is 0 Å². The summed E-state index contributed by atoms with van der Waals surface area (Å²) in [5.41, 5.74) is 1.13. The first-order chi connectivity index (χ1) is 10.9. The molecule has 5 nitrogen and oxygen atoms in total. The van der Waals surface area contributed by atoms with Crippen molar-refractivity contribution in [3.05, 3.63) is 29.8 Å². The van der Waals surface area contributed by atoms with Gasteiger partial charge in [-0.15, -0.1) is 24.0 Å². The third kappa shape index (κ3) is 7.70. The number of nitrogens with zero attached hydrogens (tertiary/aromatic N) is 1. The molecule has 0 saturated heterocycles. The Bertz CT molecular complexity index is 507. The first-order valence-corrected chi connectivity index (χ1v) is 8.11. The number of hydrogen-bond acceptors (Lipinski definition) is 3. The summed E-state index contributed by atoms with van der Waals surface area (Å²) in [7, 11) is 3.39. The number of rotatable bonds is 8. The molecule has 0 radical (unpaired) electrons. The van der Waals surface area contributed by atoms with Crippen LogP contribution in [0.5, 0.6) is 5.75 Å². The Morgan fingerprint density at radius 3 is 2.58 bits per heavy atom. The molecule has 0 bridgehead atoms. The molecule has 0 fully saturated rings. The van der Waals surface area contributed by atoms with Gasteiger partial charge in [0.1, 0.15) is 5.75 Å². The normalized spacial score (nSPS) is 13.0. The lowest BCUT2D eigenvalue weighted by Gasteiger charge is -2.25. The van der Waals surface area contributed by atoms with Gasteiger partial charge in [0, 0.05) is 25.1 Å². The molecule has 0 aliphatic carbocycles. The van der Waals surface area contributed by atoms with E-state index in [2.05, 4.69) is 50.5 Å². The standard InChI is InChI=1S/C18H31N3O2.HI/c1-7-19-17(21-14(2)12-22-5)20-13-18(3,4)15-9-8-10-16(11-15)23-6;/h8-11,14H,7,12-13H2,1-6H3,(H2,19,20,21);1H. The second-order valence-corrected chi connectivity index (χ2v) is 6.31. The van der Waals surface area contributed by atoms with Crippen LogP contribution in [-0.2, 0) is 10.2 Å². The summed E-state index contributed by atoms with van der Waals surface area (Å²) in [5, 5.41) is 6.63. The van der Waals surface area contributed by atoms with E-state index in [0.717, 1.165) is 18.3 Å². The van der Waals surface area contributed by atoms with Crippen LogP contribution in [-0.4, -0.2) is 45.9 Å². The van der Waals surface area contributed by atoms with E-state index in [1.54, 1.807) is 14.2 Å². The fourth-order valence-corrected chi connectivity index (χ4v) is 2.26. The molecule has 0 saturated carbocycles. The number of benzene rings is 1. The summed E-state index contributed by atoms with van der Waals surface area (Å²) in [4.78, 5) is 4.74. The Labute approximate surface area is 163 Å². The van der Waals surface area contributed by atoms with E-state index in [1.165, 1.54) is 5.56 Å². The van der Waals surface area contributed by atoms with Crippen molar-refractivity contribution in [3.63, 3.8) is 0 Å². The second-order valence-electron chi connectivity index (χ2n) is 6.31. The zero-order chi connectivity index (χ0) is 17.3. The van der Waals surface area contributed by atoms with E-state index in [-0.39, 0.29) is 35.4 Å². The van der Waals surface area contributed by atoms with Crippen molar-refractivity contribution in [2.45, 2.75) is 39.2 Å². The molecule has 0 heterocycles. The van der Waals surface area contributed by atoms with Crippen LogP contribution in [0.4, 0.5) is 0 Å². The summed E-state index contributed by atoms with van der Waals surface area (Å²) >= 11 is 0. The minimum atomic E-state index is -0.0820. The molecule has 1 atom stereocenters. The lowest BCUT2D eigenvalue weighted by molar-refractivity contribution is 0.179. The molecule has 0 aliphatic heterocycles. The summed E-state index contributed by atoms with van der Waals surface area (Å²) in [6, 6.07) is 8.37. The van der Waals surface area contributed by atoms with Crippen LogP contribution in [0.1, 0.15) is 33.3 Å². The lowest BCUT2D eigenvalue weighted by atomic mass is 9.85. The third-order valence-electron chi connectivity index (χ3n) is 3.63. The highest BCUT2D eigenvalue weighted by Crippen LogP contribution is 2.26.